The summed E-state index contributed by atoms with van der Waals surface area (Å²) in [5, 5.41) is 18.4. The lowest BCUT2D eigenvalue weighted by Crippen LogP contribution is -2.28. The average Bonchev–Trinajstić information content (AvgIpc) is 2.14. The van der Waals surface area contributed by atoms with Gasteiger partial charge in [0.05, 0.1) is 17.6 Å². The number of carbonyl (C=O) groups is 1. The fourth-order valence-corrected chi connectivity index (χ4v) is 1.59. The molecule has 0 aliphatic carbocycles. The second-order valence-electron chi connectivity index (χ2n) is 3.89. The Morgan fingerprint density at radius 1 is 1.24 bits per heavy atom. The van der Waals surface area contributed by atoms with E-state index in [0.29, 0.717) is 0 Å². The quantitative estimate of drug-likeness (QED) is 0.863. The van der Waals surface area contributed by atoms with Crippen molar-refractivity contribution in [3.05, 3.63) is 35.4 Å². The van der Waals surface area contributed by atoms with Gasteiger partial charge >= 0.3 is 12.1 Å². The largest absolute Gasteiger partial charge is 0.481 e. The molecule has 1 unspecified atom stereocenters. The standard InChI is InChI=1S/C11H11F3O3/c1-10(17,6-9(15)16)7-4-2-3-5-8(7)11(12,13)14/h2-5,17H,6H2,1H3,(H,15,16). The van der Waals surface area contributed by atoms with Gasteiger partial charge in [-0.1, -0.05) is 18.2 Å². The van der Waals surface area contributed by atoms with Crippen LogP contribution in [0.2, 0.25) is 0 Å². The molecule has 0 radical (unpaired) electrons. The van der Waals surface area contributed by atoms with Crippen molar-refractivity contribution in [1.82, 2.24) is 0 Å². The molecule has 3 nitrogen and oxygen atoms in total. The third-order valence-electron chi connectivity index (χ3n) is 2.31. The Balaban J connectivity index is 3.26. The Morgan fingerprint density at radius 3 is 2.12 bits per heavy atom. The highest BCUT2D eigenvalue weighted by Crippen LogP contribution is 2.37. The minimum Gasteiger partial charge on any atom is -0.481 e. The monoisotopic (exact) mass is 248 g/mol. The summed E-state index contributed by atoms with van der Waals surface area (Å²) in [6, 6.07) is 4.39. The molecule has 1 aromatic rings. The number of hydrogen-bond acceptors (Lipinski definition) is 2. The summed E-state index contributed by atoms with van der Waals surface area (Å²) in [6.45, 7) is 1.05. The number of hydrogen-bond donors (Lipinski definition) is 2. The maximum Gasteiger partial charge on any atom is 0.416 e. The minimum atomic E-state index is -4.63. The summed E-state index contributed by atoms with van der Waals surface area (Å²) >= 11 is 0. The van der Waals surface area contributed by atoms with Gasteiger partial charge in [0.15, 0.2) is 0 Å². The van der Waals surface area contributed by atoms with Gasteiger partial charge in [0.2, 0.25) is 0 Å². The molecule has 1 atom stereocenters. The van der Waals surface area contributed by atoms with Crippen molar-refractivity contribution in [2.24, 2.45) is 0 Å². The van der Waals surface area contributed by atoms with Crippen LogP contribution in [0.4, 0.5) is 13.2 Å². The number of benzene rings is 1. The Labute approximate surface area is 95.5 Å². The maximum absolute atomic E-state index is 12.7. The summed E-state index contributed by atoms with van der Waals surface area (Å²) < 4.78 is 38.0. The van der Waals surface area contributed by atoms with E-state index in [4.69, 9.17) is 5.11 Å². The number of aliphatic carboxylic acids is 1. The summed E-state index contributed by atoms with van der Waals surface area (Å²) in [4.78, 5) is 10.5. The van der Waals surface area contributed by atoms with Gasteiger partial charge in [0.25, 0.3) is 0 Å². The highest BCUT2D eigenvalue weighted by molar-refractivity contribution is 5.68. The van der Waals surface area contributed by atoms with Crippen LogP contribution < -0.4 is 0 Å². The molecule has 0 amide bonds. The normalized spacial score (nSPS) is 15.4. The number of rotatable bonds is 3. The third kappa shape index (κ3) is 3.20. The van der Waals surface area contributed by atoms with Crippen molar-refractivity contribution < 1.29 is 28.2 Å². The van der Waals surface area contributed by atoms with Crippen LogP contribution in [0.3, 0.4) is 0 Å². The minimum absolute atomic E-state index is 0.435. The first-order valence-electron chi connectivity index (χ1n) is 4.75. The lowest BCUT2D eigenvalue weighted by Gasteiger charge is -2.25. The van der Waals surface area contributed by atoms with E-state index in [1.807, 2.05) is 0 Å². The topological polar surface area (TPSA) is 57.5 Å². The number of carboxylic acids is 1. The van der Waals surface area contributed by atoms with E-state index in [9.17, 15) is 23.1 Å². The Morgan fingerprint density at radius 2 is 1.71 bits per heavy atom. The summed E-state index contributed by atoms with van der Waals surface area (Å²) in [7, 11) is 0. The zero-order valence-electron chi connectivity index (χ0n) is 8.95. The van der Waals surface area contributed by atoms with E-state index >= 15 is 0 Å². The second kappa shape index (κ2) is 4.37. The molecule has 17 heavy (non-hydrogen) atoms. The smallest absolute Gasteiger partial charge is 0.416 e. The molecule has 0 aliphatic rings. The second-order valence-corrected chi connectivity index (χ2v) is 3.89. The van der Waals surface area contributed by atoms with Crippen LogP contribution in [0.1, 0.15) is 24.5 Å². The van der Waals surface area contributed by atoms with Crippen molar-refractivity contribution in [1.29, 1.82) is 0 Å². The number of halogens is 3. The molecule has 0 fully saturated rings. The van der Waals surface area contributed by atoms with Crippen molar-refractivity contribution in [2.45, 2.75) is 25.1 Å². The van der Waals surface area contributed by atoms with Gasteiger partial charge < -0.3 is 10.2 Å². The van der Waals surface area contributed by atoms with Crippen LogP contribution in [0.5, 0.6) is 0 Å². The summed E-state index contributed by atoms with van der Waals surface area (Å²) in [5.41, 5.74) is -3.51. The number of carboxylic acid groups (broad SMARTS) is 1. The molecule has 0 aliphatic heterocycles. The van der Waals surface area contributed by atoms with E-state index < -0.39 is 35.3 Å². The molecule has 1 rings (SSSR count). The van der Waals surface area contributed by atoms with E-state index in [-0.39, 0.29) is 0 Å². The maximum atomic E-state index is 12.7. The van der Waals surface area contributed by atoms with Crippen molar-refractivity contribution in [2.75, 3.05) is 0 Å². The first-order valence-corrected chi connectivity index (χ1v) is 4.75. The summed E-state index contributed by atoms with van der Waals surface area (Å²) in [6.07, 6.45) is -5.42. The number of alkyl halides is 3. The molecule has 94 valence electrons. The van der Waals surface area contributed by atoms with Crippen LogP contribution >= 0.6 is 0 Å². The van der Waals surface area contributed by atoms with Gasteiger partial charge in [-0.05, 0) is 18.6 Å². The highest BCUT2D eigenvalue weighted by atomic mass is 19.4. The van der Waals surface area contributed by atoms with E-state index in [0.717, 1.165) is 19.1 Å². The molecule has 1 aromatic carbocycles. The Kier molecular flexibility index (Phi) is 3.47. The molecular formula is C11H11F3O3. The van der Waals surface area contributed by atoms with E-state index in [1.165, 1.54) is 12.1 Å². The molecule has 0 bridgehead atoms. The predicted molar refractivity (Wildman–Crippen MR) is 53.3 cm³/mol. The molecule has 6 heteroatoms. The van der Waals surface area contributed by atoms with Gasteiger partial charge in [-0.2, -0.15) is 13.2 Å². The van der Waals surface area contributed by atoms with E-state index in [2.05, 4.69) is 0 Å². The summed E-state index contributed by atoms with van der Waals surface area (Å²) in [5.74, 6) is -1.37. The van der Waals surface area contributed by atoms with Gasteiger partial charge in [-0.25, -0.2) is 0 Å². The van der Waals surface area contributed by atoms with Crippen molar-refractivity contribution in [3.63, 3.8) is 0 Å². The fourth-order valence-electron chi connectivity index (χ4n) is 1.59. The zero-order valence-corrected chi connectivity index (χ0v) is 8.95. The lowest BCUT2D eigenvalue weighted by atomic mass is 9.88. The SMILES string of the molecule is CC(O)(CC(=O)O)c1ccccc1C(F)(F)F. The molecule has 0 spiro atoms. The van der Waals surface area contributed by atoms with Gasteiger partial charge in [-0.3, -0.25) is 4.79 Å². The predicted octanol–water partition coefficient (Wildman–Crippen LogP) is 2.39. The molecule has 0 saturated heterocycles. The molecule has 2 N–H and O–H groups in total. The van der Waals surface area contributed by atoms with Crippen molar-refractivity contribution in [3.8, 4) is 0 Å². The van der Waals surface area contributed by atoms with Crippen LogP contribution in [0.25, 0.3) is 0 Å². The zero-order chi connectivity index (χ0) is 13.3. The molecule has 0 saturated carbocycles. The fraction of sp³-hybridized carbons (Fsp3) is 0.364. The first kappa shape index (κ1) is 13.5. The van der Waals surface area contributed by atoms with Gasteiger partial charge in [0, 0.05) is 0 Å². The average molecular weight is 248 g/mol. The third-order valence-corrected chi connectivity index (χ3v) is 2.31. The lowest BCUT2D eigenvalue weighted by molar-refractivity contribution is -0.147. The van der Waals surface area contributed by atoms with Gasteiger partial charge in [-0.15, -0.1) is 0 Å². The first-order chi connectivity index (χ1) is 7.64. The van der Waals surface area contributed by atoms with Crippen LogP contribution in [-0.4, -0.2) is 16.2 Å². The van der Waals surface area contributed by atoms with E-state index in [1.54, 1.807) is 0 Å². The van der Waals surface area contributed by atoms with Crippen LogP contribution in [0.15, 0.2) is 24.3 Å². The van der Waals surface area contributed by atoms with Crippen LogP contribution in [-0.2, 0) is 16.6 Å². The highest BCUT2D eigenvalue weighted by Gasteiger charge is 2.39. The van der Waals surface area contributed by atoms with Crippen LogP contribution in [0, 0.1) is 0 Å². The number of aliphatic hydroxyl groups is 1. The molecule has 0 heterocycles. The molecule has 0 aromatic heterocycles. The molecular weight excluding hydrogens is 237 g/mol. The Hall–Kier alpha value is -1.56. The van der Waals surface area contributed by atoms with Gasteiger partial charge in [0.1, 0.15) is 0 Å². The van der Waals surface area contributed by atoms with Crippen molar-refractivity contribution >= 4 is 5.97 Å². The Bertz CT molecular complexity index is 424.